The lowest BCUT2D eigenvalue weighted by Crippen LogP contribution is -2.18. The van der Waals surface area contributed by atoms with Crippen LogP contribution in [-0.2, 0) is 6.54 Å². The number of thioether (sulfide) groups is 2. The first kappa shape index (κ1) is 17.6. The van der Waals surface area contributed by atoms with Gasteiger partial charge in [0.25, 0.3) is 0 Å². The van der Waals surface area contributed by atoms with E-state index in [1.54, 1.807) is 0 Å². The fourth-order valence-electron chi connectivity index (χ4n) is 2.59. The number of rotatable bonds is 7. The van der Waals surface area contributed by atoms with E-state index in [1.165, 1.54) is 39.9 Å². The average molecular weight is 345 g/mol. The first-order valence-electron chi connectivity index (χ1n) is 8.10. The molecule has 0 saturated carbocycles. The molecular weight excluding hydrogens is 316 g/mol. The van der Waals surface area contributed by atoms with E-state index >= 15 is 0 Å². The highest BCUT2D eigenvalue weighted by molar-refractivity contribution is 8.06. The van der Waals surface area contributed by atoms with Crippen molar-refractivity contribution < 1.29 is 0 Å². The SMILES string of the molecule is CCCNCc1sc(C2SCCSC2CC)nc1C(C)C. The molecule has 1 fully saturated rings. The van der Waals surface area contributed by atoms with Gasteiger partial charge >= 0.3 is 0 Å². The highest BCUT2D eigenvalue weighted by atomic mass is 32.2. The summed E-state index contributed by atoms with van der Waals surface area (Å²) in [5, 5.41) is 6.27. The van der Waals surface area contributed by atoms with Gasteiger partial charge in [-0.1, -0.05) is 27.7 Å². The highest BCUT2D eigenvalue weighted by Gasteiger charge is 2.30. The van der Waals surface area contributed by atoms with E-state index in [0.29, 0.717) is 11.2 Å². The number of aromatic nitrogens is 1. The minimum Gasteiger partial charge on any atom is -0.312 e. The maximum absolute atomic E-state index is 5.05. The van der Waals surface area contributed by atoms with E-state index < -0.39 is 0 Å². The van der Waals surface area contributed by atoms with Gasteiger partial charge in [-0.15, -0.1) is 23.1 Å². The molecule has 0 aromatic carbocycles. The molecule has 1 aromatic heterocycles. The maximum atomic E-state index is 5.05. The topological polar surface area (TPSA) is 24.9 Å². The van der Waals surface area contributed by atoms with Gasteiger partial charge in [-0.05, 0) is 25.3 Å². The number of nitrogens with one attached hydrogen (secondary N) is 1. The summed E-state index contributed by atoms with van der Waals surface area (Å²) in [4.78, 5) is 6.51. The summed E-state index contributed by atoms with van der Waals surface area (Å²) in [5.74, 6) is 3.09. The lowest BCUT2D eigenvalue weighted by atomic mass is 10.1. The van der Waals surface area contributed by atoms with Crippen LogP contribution in [0, 0.1) is 0 Å². The Morgan fingerprint density at radius 2 is 2.00 bits per heavy atom. The predicted molar refractivity (Wildman–Crippen MR) is 99.9 cm³/mol. The van der Waals surface area contributed by atoms with E-state index in [1.807, 2.05) is 11.3 Å². The summed E-state index contributed by atoms with van der Waals surface area (Å²) in [6.45, 7) is 11.1. The lowest BCUT2D eigenvalue weighted by molar-refractivity contribution is 0.669. The van der Waals surface area contributed by atoms with Crippen LogP contribution in [0.4, 0.5) is 0 Å². The second-order valence-electron chi connectivity index (χ2n) is 5.80. The second kappa shape index (κ2) is 8.80. The van der Waals surface area contributed by atoms with Gasteiger partial charge in [0, 0.05) is 28.2 Å². The van der Waals surface area contributed by atoms with Gasteiger partial charge in [-0.25, -0.2) is 4.98 Å². The molecule has 1 aliphatic rings. The zero-order valence-corrected chi connectivity index (χ0v) is 16.1. The van der Waals surface area contributed by atoms with Crippen molar-refractivity contribution in [3.05, 3.63) is 15.6 Å². The molecule has 0 aliphatic carbocycles. The van der Waals surface area contributed by atoms with Crippen LogP contribution in [0.3, 0.4) is 0 Å². The zero-order chi connectivity index (χ0) is 15.2. The van der Waals surface area contributed by atoms with Crippen LogP contribution in [-0.4, -0.2) is 28.3 Å². The second-order valence-corrected chi connectivity index (χ2v) is 9.51. The molecule has 0 spiro atoms. The fraction of sp³-hybridized carbons (Fsp3) is 0.812. The van der Waals surface area contributed by atoms with Crippen LogP contribution in [0.1, 0.15) is 67.3 Å². The van der Waals surface area contributed by atoms with Crippen molar-refractivity contribution >= 4 is 34.9 Å². The van der Waals surface area contributed by atoms with Crippen molar-refractivity contribution in [3.63, 3.8) is 0 Å². The first-order chi connectivity index (χ1) is 10.2. The normalized spacial score (nSPS) is 22.9. The Balaban J connectivity index is 2.17. The lowest BCUT2D eigenvalue weighted by Gasteiger charge is -2.28. The maximum Gasteiger partial charge on any atom is 0.107 e. The van der Waals surface area contributed by atoms with E-state index in [-0.39, 0.29) is 0 Å². The molecule has 1 saturated heterocycles. The molecule has 2 heterocycles. The molecule has 2 unspecified atom stereocenters. The molecule has 1 N–H and O–H groups in total. The van der Waals surface area contributed by atoms with Crippen molar-refractivity contribution in [2.75, 3.05) is 18.1 Å². The van der Waals surface area contributed by atoms with Crippen molar-refractivity contribution in [2.45, 2.75) is 63.5 Å². The van der Waals surface area contributed by atoms with E-state index in [9.17, 15) is 0 Å². The van der Waals surface area contributed by atoms with E-state index in [4.69, 9.17) is 4.98 Å². The van der Waals surface area contributed by atoms with Gasteiger partial charge in [0.2, 0.25) is 0 Å². The Kier molecular flexibility index (Phi) is 7.39. The van der Waals surface area contributed by atoms with Crippen LogP contribution in [0.2, 0.25) is 0 Å². The summed E-state index contributed by atoms with van der Waals surface area (Å²) in [7, 11) is 0. The molecule has 2 atom stereocenters. The average Bonchev–Trinajstić information content (AvgIpc) is 2.92. The smallest absolute Gasteiger partial charge is 0.107 e. The van der Waals surface area contributed by atoms with Crippen LogP contribution < -0.4 is 5.32 Å². The largest absolute Gasteiger partial charge is 0.312 e. The van der Waals surface area contributed by atoms with E-state index in [0.717, 1.165) is 18.3 Å². The summed E-state index contributed by atoms with van der Waals surface area (Å²) in [6.07, 6.45) is 2.44. The van der Waals surface area contributed by atoms with Gasteiger partial charge in [-0.2, -0.15) is 11.8 Å². The van der Waals surface area contributed by atoms with Gasteiger partial charge in [0.15, 0.2) is 0 Å². The van der Waals surface area contributed by atoms with Crippen LogP contribution >= 0.6 is 34.9 Å². The molecule has 0 amide bonds. The molecule has 0 bridgehead atoms. The predicted octanol–water partition coefficient (Wildman–Crippen LogP) is 5.07. The molecular formula is C16H28N2S3. The van der Waals surface area contributed by atoms with Gasteiger partial charge in [0.05, 0.1) is 10.9 Å². The Morgan fingerprint density at radius 3 is 2.67 bits per heavy atom. The Labute approximate surface area is 142 Å². The zero-order valence-electron chi connectivity index (χ0n) is 13.6. The quantitative estimate of drug-likeness (QED) is 0.698. The Hall–Kier alpha value is 0.290. The van der Waals surface area contributed by atoms with E-state index in [2.05, 4.69) is 56.5 Å². The van der Waals surface area contributed by atoms with Crippen molar-refractivity contribution in [1.29, 1.82) is 0 Å². The standard InChI is InChI=1S/C16H28N2S3/c1-5-7-17-10-13-14(11(3)4)18-16(21-13)15-12(6-2)19-8-9-20-15/h11-12,15,17H,5-10H2,1-4H3. The summed E-state index contributed by atoms with van der Waals surface area (Å²) in [5.41, 5.74) is 1.32. The number of thiazole rings is 1. The molecule has 2 rings (SSSR count). The summed E-state index contributed by atoms with van der Waals surface area (Å²) in [6, 6.07) is 0. The molecule has 120 valence electrons. The summed E-state index contributed by atoms with van der Waals surface area (Å²) >= 11 is 6.22. The van der Waals surface area contributed by atoms with Gasteiger partial charge in [-0.3, -0.25) is 0 Å². The summed E-state index contributed by atoms with van der Waals surface area (Å²) < 4.78 is 0. The third-order valence-corrected chi connectivity index (χ3v) is 8.26. The van der Waals surface area contributed by atoms with Gasteiger partial charge in [0.1, 0.15) is 5.01 Å². The minimum atomic E-state index is 0.523. The first-order valence-corrected chi connectivity index (χ1v) is 11.0. The van der Waals surface area contributed by atoms with Crippen LogP contribution in [0.5, 0.6) is 0 Å². The Bertz CT molecular complexity index is 431. The molecule has 2 nitrogen and oxygen atoms in total. The Morgan fingerprint density at radius 1 is 1.24 bits per heavy atom. The van der Waals surface area contributed by atoms with Crippen molar-refractivity contribution in [2.24, 2.45) is 0 Å². The van der Waals surface area contributed by atoms with Crippen molar-refractivity contribution in [1.82, 2.24) is 10.3 Å². The van der Waals surface area contributed by atoms with Crippen LogP contribution in [0.25, 0.3) is 0 Å². The molecule has 1 aromatic rings. The van der Waals surface area contributed by atoms with Crippen molar-refractivity contribution in [3.8, 4) is 0 Å². The molecule has 1 aliphatic heterocycles. The fourth-order valence-corrected chi connectivity index (χ4v) is 7.20. The van der Waals surface area contributed by atoms with Gasteiger partial charge < -0.3 is 5.32 Å². The minimum absolute atomic E-state index is 0.523. The number of hydrogen-bond donors (Lipinski definition) is 1. The van der Waals surface area contributed by atoms with Crippen LogP contribution in [0.15, 0.2) is 0 Å². The monoisotopic (exact) mass is 344 g/mol. The molecule has 21 heavy (non-hydrogen) atoms. The highest BCUT2D eigenvalue weighted by Crippen LogP contribution is 2.46. The number of hydrogen-bond acceptors (Lipinski definition) is 5. The third kappa shape index (κ3) is 4.63. The molecule has 0 radical (unpaired) electrons. The number of nitrogens with zero attached hydrogens (tertiary/aromatic N) is 1. The molecule has 5 heteroatoms. The third-order valence-electron chi connectivity index (χ3n) is 3.70.